The Morgan fingerprint density at radius 2 is 1.48 bits per heavy atom. The van der Waals surface area contributed by atoms with Crippen LogP contribution in [0.2, 0.25) is 0 Å². The average molecular weight is 345 g/mol. The highest BCUT2D eigenvalue weighted by Crippen LogP contribution is 2.38. The van der Waals surface area contributed by atoms with Crippen LogP contribution in [0.3, 0.4) is 0 Å². The number of fused-ring (bicyclic) bond motifs is 1. The predicted molar refractivity (Wildman–Crippen MR) is 106 cm³/mol. The maximum absolute atomic E-state index is 6.34. The van der Waals surface area contributed by atoms with Crippen molar-refractivity contribution in [3.05, 3.63) is 46.6 Å². The standard InChI is InChI=1S/C23H36O2/c1-16(2)20-15-14-18(4)11-8-10-17(3)12-9-13-19(5)21-22(20)25-23(6,7)24-21/h10,13-16,21-22H,8-9,11-12H2,1-7H3/b17-10+,18-14+,19-13+,20-15-/t21-,22-/m1/s1. The maximum Gasteiger partial charge on any atom is 0.164 e. The molecule has 0 saturated carbocycles. The molecule has 0 bridgehead atoms. The highest BCUT2D eigenvalue weighted by Gasteiger charge is 2.43. The van der Waals surface area contributed by atoms with Crippen molar-refractivity contribution in [1.82, 2.24) is 0 Å². The van der Waals surface area contributed by atoms with E-state index in [-0.39, 0.29) is 12.2 Å². The van der Waals surface area contributed by atoms with E-state index in [1.807, 2.05) is 13.8 Å². The van der Waals surface area contributed by atoms with Crippen LogP contribution in [0.4, 0.5) is 0 Å². The van der Waals surface area contributed by atoms with E-state index >= 15 is 0 Å². The van der Waals surface area contributed by atoms with Gasteiger partial charge in [-0.05, 0) is 77.4 Å². The molecule has 0 N–H and O–H groups in total. The summed E-state index contributed by atoms with van der Waals surface area (Å²) in [7, 11) is 0. The predicted octanol–water partition coefficient (Wildman–Crippen LogP) is 6.50. The maximum atomic E-state index is 6.34. The number of ether oxygens (including phenoxy) is 2. The van der Waals surface area contributed by atoms with E-state index in [1.54, 1.807) is 0 Å². The molecule has 0 aromatic rings. The van der Waals surface area contributed by atoms with Crippen LogP contribution in [0.5, 0.6) is 0 Å². The van der Waals surface area contributed by atoms with Crippen LogP contribution < -0.4 is 0 Å². The zero-order chi connectivity index (χ0) is 18.6. The van der Waals surface area contributed by atoms with E-state index in [4.69, 9.17) is 9.47 Å². The van der Waals surface area contributed by atoms with Crippen molar-refractivity contribution in [2.24, 2.45) is 5.92 Å². The molecule has 25 heavy (non-hydrogen) atoms. The highest BCUT2D eigenvalue weighted by molar-refractivity contribution is 5.27. The van der Waals surface area contributed by atoms with Crippen molar-refractivity contribution in [3.8, 4) is 0 Å². The normalized spacial score (nSPS) is 36.8. The Bertz CT molecular complexity index is 587. The number of rotatable bonds is 1. The summed E-state index contributed by atoms with van der Waals surface area (Å²) in [6.07, 6.45) is 13.7. The zero-order valence-corrected chi connectivity index (χ0v) is 17.2. The number of allylic oxidation sites excluding steroid dienone is 6. The van der Waals surface area contributed by atoms with Crippen LogP contribution in [0.25, 0.3) is 0 Å². The van der Waals surface area contributed by atoms with Gasteiger partial charge in [0.1, 0.15) is 12.2 Å². The molecule has 1 heterocycles. The minimum absolute atomic E-state index is 0.00424. The van der Waals surface area contributed by atoms with Gasteiger partial charge < -0.3 is 9.47 Å². The minimum atomic E-state index is -0.541. The van der Waals surface area contributed by atoms with Crippen LogP contribution >= 0.6 is 0 Å². The van der Waals surface area contributed by atoms with E-state index in [0.29, 0.717) is 5.92 Å². The first-order valence-electron chi connectivity index (χ1n) is 9.75. The molecular formula is C23H36O2. The molecule has 0 aromatic heterocycles. The molecule has 0 unspecified atom stereocenters. The Morgan fingerprint density at radius 3 is 2.16 bits per heavy atom. The summed E-state index contributed by atoms with van der Waals surface area (Å²) in [6.45, 7) is 15.2. The monoisotopic (exact) mass is 344 g/mol. The third-order valence-electron chi connectivity index (χ3n) is 5.14. The summed E-state index contributed by atoms with van der Waals surface area (Å²) in [4.78, 5) is 0. The Balaban J connectivity index is 2.42. The quantitative estimate of drug-likeness (QED) is 0.505. The molecule has 2 nitrogen and oxygen atoms in total. The van der Waals surface area contributed by atoms with Crippen molar-refractivity contribution in [2.45, 2.75) is 92.1 Å². The van der Waals surface area contributed by atoms with Gasteiger partial charge in [-0.25, -0.2) is 0 Å². The van der Waals surface area contributed by atoms with Crippen LogP contribution in [0.15, 0.2) is 46.6 Å². The van der Waals surface area contributed by atoms with E-state index < -0.39 is 5.79 Å². The smallest absolute Gasteiger partial charge is 0.164 e. The van der Waals surface area contributed by atoms with Gasteiger partial charge in [-0.2, -0.15) is 0 Å². The Kier molecular flexibility index (Phi) is 6.87. The van der Waals surface area contributed by atoms with Crippen molar-refractivity contribution in [2.75, 3.05) is 0 Å². The first kappa shape index (κ1) is 20.2. The fourth-order valence-electron chi connectivity index (χ4n) is 3.57. The van der Waals surface area contributed by atoms with E-state index in [9.17, 15) is 0 Å². The summed E-state index contributed by atoms with van der Waals surface area (Å²) in [5.41, 5.74) is 5.51. The summed E-state index contributed by atoms with van der Waals surface area (Å²) in [6, 6.07) is 0. The average Bonchev–Trinajstić information content (AvgIpc) is 2.82. The van der Waals surface area contributed by atoms with Crippen molar-refractivity contribution in [3.63, 3.8) is 0 Å². The Morgan fingerprint density at radius 1 is 0.880 bits per heavy atom. The van der Waals surface area contributed by atoms with Gasteiger partial charge in [0, 0.05) is 0 Å². The summed E-state index contributed by atoms with van der Waals surface area (Å²) < 4.78 is 12.6. The molecular weight excluding hydrogens is 308 g/mol. The van der Waals surface area contributed by atoms with E-state index in [1.165, 1.54) is 22.3 Å². The van der Waals surface area contributed by atoms with Crippen molar-refractivity contribution < 1.29 is 9.47 Å². The van der Waals surface area contributed by atoms with Crippen LogP contribution in [-0.2, 0) is 9.47 Å². The second-order valence-electron chi connectivity index (χ2n) is 8.39. The molecule has 2 heteroatoms. The van der Waals surface area contributed by atoms with Gasteiger partial charge in [0.05, 0.1) is 0 Å². The first-order chi connectivity index (χ1) is 11.7. The third kappa shape index (κ3) is 5.69. The molecule has 2 atom stereocenters. The first-order valence-corrected chi connectivity index (χ1v) is 9.75. The summed E-state index contributed by atoms with van der Waals surface area (Å²) >= 11 is 0. The second-order valence-corrected chi connectivity index (χ2v) is 8.39. The molecule has 1 aliphatic heterocycles. The van der Waals surface area contributed by atoms with Gasteiger partial charge in [0.15, 0.2) is 5.79 Å². The zero-order valence-electron chi connectivity index (χ0n) is 17.2. The highest BCUT2D eigenvalue weighted by atomic mass is 16.7. The lowest BCUT2D eigenvalue weighted by atomic mass is 9.90. The van der Waals surface area contributed by atoms with Crippen LogP contribution in [-0.4, -0.2) is 18.0 Å². The number of hydrogen-bond donors (Lipinski definition) is 0. The van der Waals surface area contributed by atoms with Crippen LogP contribution in [0, 0.1) is 5.92 Å². The van der Waals surface area contributed by atoms with Crippen LogP contribution in [0.1, 0.15) is 74.1 Å². The van der Waals surface area contributed by atoms with Crippen molar-refractivity contribution in [1.29, 1.82) is 0 Å². The Labute approximate surface area is 154 Å². The SMILES string of the molecule is C/C1=C\C=C(\C(C)C)[C@H]2OC(C)(C)O[C@@H]2/C(C)=C/CC/C(C)=C/CC1. The molecule has 2 rings (SSSR count). The molecule has 1 fully saturated rings. The molecule has 140 valence electrons. The second kappa shape index (κ2) is 8.51. The van der Waals surface area contributed by atoms with Crippen molar-refractivity contribution >= 4 is 0 Å². The molecule has 1 aliphatic carbocycles. The van der Waals surface area contributed by atoms with Gasteiger partial charge in [-0.15, -0.1) is 0 Å². The minimum Gasteiger partial charge on any atom is -0.340 e. The fourth-order valence-corrected chi connectivity index (χ4v) is 3.57. The molecule has 0 aromatic carbocycles. The summed E-state index contributed by atoms with van der Waals surface area (Å²) in [5, 5.41) is 0. The number of hydrogen-bond acceptors (Lipinski definition) is 2. The lowest BCUT2D eigenvalue weighted by molar-refractivity contribution is -0.141. The lowest BCUT2D eigenvalue weighted by Gasteiger charge is -2.23. The van der Waals surface area contributed by atoms with Gasteiger partial charge in [-0.3, -0.25) is 0 Å². The molecule has 0 spiro atoms. The largest absolute Gasteiger partial charge is 0.340 e. The Hall–Kier alpha value is -1.12. The molecule has 0 amide bonds. The van der Waals surface area contributed by atoms with E-state index in [2.05, 4.69) is 58.9 Å². The molecule has 2 aliphatic rings. The van der Waals surface area contributed by atoms with Gasteiger partial charge in [-0.1, -0.05) is 49.3 Å². The summed E-state index contributed by atoms with van der Waals surface area (Å²) in [5.74, 6) is -0.113. The van der Waals surface area contributed by atoms with Gasteiger partial charge in [0.2, 0.25) is 0 Å². The van der Waals surface area contributed by atoms with E-state index in [0.717, 1.165) is 25.7 Å². The molecule has 1 saturated heterocycles. The van der Waals surface area contributed by atoms with Gasteiger partial charge >= 0.3 is 0 Å². The lowest BCUT2D eigenvalue weighted by Crippen LogP contribution is -2.28. The van der Waals surface area contributed by atoms with Gasteiger partial charge in [0.25, 0.3) is 0 Å². The fraction of sp³-hybridized carbons (Fsp3) is 0.652. The third-order valence-corrected chi connectivity index (χ3v) is 5.14. The topological polar surface area (TPSA) is 18.5 Å². The molecule has 0 radical (unpaired) electrons.